The third-order valence-electron chi connectivity index (χ3n) is 3.53. The largest absolute Gasteiger partial charge is 0.490 e. The number of carboxylic acid groups (broad SMARTS) is 1. The first-order valence-electron chi connectivity index (χ1n) is 7.35. The zero-order valence-electron chi connectivity index (χ0n) is 12.7. The van der Waals surface area contributed by atoms with Gasteiger partial charge in [-0.15, -0.1) is 0 Å². The van der Waals surface area contributed by atoms with E-state index in [1.165, 1.54) is 6.07 Å². The Morgan fingerprint density at radius 1 is 1.27 bits per heavy atom. The number of anilines is 1. The van der Waals surface area contributed by atoms with E-state index in [1.54, 1.807) is 0 Å². The van der Waals surface area contributed by atoms with Gasteiger partial charge in [0.15, 0.2) is 0 Å². The van der Waals surface area contributed by atoms with Gasteiger partial charge in [-0.1, -0.05) is 0 Å². The van der Waals surface area contributed by atoms with Crippen LogP contribution in [0, 0.1) is 0 Å². The minimum atomic E-state index is -1.08. The molecule has 1 saturated heterocycles. The summed E-state index contributed by atoms with van der Waals surface area (Å²) < 4.78 is 16.7. The third-order valence-corrected chi connectivity index (χ3v) is 3.53. The lowest BCUT2D eigenvalue weighted by Gasteiger charge is -2.29. The number of benzene rings is 1. The van der Waals surface area contributed by atoms with Gasteiger partial charge in [-0.2, -0.15) is 0 Å². The Morgan fingerprint density at radius 3 is 2.64 bits per heavy atom. The fraction of sp³-hybridized carbons (Fsp3) is 0.438. The van der Waals surface area contributed by atoms with E-state index >= 15 is 0 Å². The predicted octanol–water partition coefficient (Wildman–Crippen LogP) is 2.75. The highest BCUT2D eigenvalue weighted by Gasteiger charge is 2.19. The fourth-order valence-electron chi connectivity index (χ4n) is 2.55. The highest BCUT2D eigenvalue weighted by molar-refractivity contribution is 5.95. The van der Waals surface area contributed by atoms with Gasteiger partial charge >= 0.3 is 5.97 Å². The maximum atomic E-state index is 11.1. The number of furan rings is 1. The maximum absolute atomic E-state index is 11.1. The van der Waals surface area contributed by atoms with E-state index < -0.39 is 5.97 Å². The molecular weight excluding hydrogens is 286 g/mol. The van der Waals surface area contributed by atoms with Crippen molar-refractivity contribution in [3.63, 3.8) is 0 Å². The van der Waals surface area contributed by atoms with Crippen LogP contribution < -0.4 is 9.64 Å². The summed E-state index contributed by atoms with van der Waals surface area (Å²) in [6.07, 6.45) is -0.00804. The summed E-state index contributed by atoms with van der Waals surface area (Å²) in [5.74, 6) is -0.521. The van der Waals surface area contributed by atoms with Crippen molar-refractivity contribution in [2.75, 3.05) is 31.2 Å². The number of rotatable bonds is 4. The second-order valence-electron chi connectivity index (χ2n) is 5.54. The van der Waals surface area contributed by atoms with Crippen molar-refractivity contribution in [1.82, 2.24) is 0 Å². The number of ether oxygens (including phenoxy) is 2. The van der Waals surface area contributed by atoms with Gasteiger partial charge in [0.2, 0.25) is 5.76 Å². The number of hydrogen-bond donors (Lipinski definition) is 1. The molecule has 2 heterocycles. The first kappa shape index (κ1) is 14.7. The van der Waals surface area contributed by atoms with Crippen LogP contribution in [0.5, 0.6) is 5.75 Å². The minimum absolute atomic E-state index is 0.00804. The highest BCUT2D eigenvalue weighted by Crippen LogP contribution is 2.35. The van der Waals surface area contributed by atoms with E-state index in [2.05, 4.69) is 4.90 Å². The highest BCUT2D eigenvalue weighted by atomic mass is 16.5. The van der Waals surface area contributed by atoms with E-state index in [9.17, 15) is 4.79 Å². The van der Waals surface area contributed by atoms with Crippen molar-refractivity contribution in [2.24, 2.45) is 0 Å². The van der Waals surface area contributed by atoms with Gasteiger partial charge in [-0.25, -0.2) is 4.79 Å². The molecule has 1 aliphatic heterocycles. The minimum Gasteiger partial charge on any atom is -0.490 e. The Bertz CT molecular complexity index is 685. The van der Waals surface area contributed by atoms with Crippen molar-refractivity contribution >= 4 is 22.6 Å². The standard InChI is InChI=1S/C16H19NO5/c1-10(2)21-13-7-11(17-3-5-20-6-4-17)8-14-12(13)9-15(22-14)16(18)19/h7-10H,3-6H2,1-2H3,(H,18,19). The number of aromatic carboxylic acids is 1. The molecule has 0 atom stereocenters. The van der Waals surface area contributed by atoms with Gasteiger partial charge in [0.25, 0.3) is 0 Å². The molecule has 6 nitrogen and oxygen atoms in total. The lowest BCUT2D eigenvalue weighted by atomic mass is 10.2. The molecule has 1 fully saturated rings. The van der Waals surface area contributed by atoms with E-state index in [0.717, 1.165) is 18.8 Å². The average Bonchev–Trinajstić information content (AvgIpc) is 2.92. The van der Waals surface area contributed by atoms with Gasteiger partial charge in [0.1, 0.15) is 11.3 Å². The molecule has 1 N–H and O–H groups in total. The summed E-state index contributed by atoms with van der Waals surface area (Å²) >= 11 is 0. The van der Waals surface area contributed by atoms with Crippen LogP contribution in [-0.2, 0) is 4.74 Å². The van der Waals surface area contributed by atoms with Gasteiger partial charge in [-0.3, -0.25) is 0 Å². The van der Waals surface area contributed by atoms with Crippen molar-refractivity contribution < 1.29 is 23.8 Å². The van der Waals surface area contributed by atoms with Crippen molar-refractivity contribution in [2.45, 2.75) is 20.0 Å². The summed E-state index contributed by atoms with van der Waals surface area (Å²) in [4.78, 5) is 13.3. The smallest absolute Gasteiger partial charge is 0.371 e. The number of fused-ring (bicyclic) bond motifs is 1. The second-order valence-corrected chi connectivity index (χ2v) is 5.54. The topological polar surface area (TPSA) is 72.1 Å². The van der Waals surface area contributed by atoms with E-state index in [-0.39, 0.29) is 11.9 Å². The molecule has 0 saturated carbocycles. The van der Waals surface area contributed by atoms with Crippen LogP contribution in [0.15, 0.2) is 22.6 Å². The van der Waals surface area contributed by atoms with Gasteiger partial charge < -0.3 is 23.9 Å². The molecule has 0 spiro atoms. The lowest BCUT2D eigenvalue weighted by molar-refractivity contribution is 0.0665. The first-order valence-corrected chi connectivity index (χ1v) is 7.35. The molecule has 1 aliphatic rings. The third kappa shape index (κ3) is 2.87. The molecule has 0 unspecified atom stereocenters. The molecule has 1 aromatic heterocycles. The Labute approximate surface area is 128 Å². The summed E-state index contributed by atoms with van der Waals surface area (Å²) in [5.41, 5.74) is 1.48. The maximum Gasteiger partial charge on any atom is 0.371 e. The van der Waals surface area contributed by atoms with E-state index in [4.69, 9.17) is 19.0 Å². The second kappa shape index (κ2) is 5.88. The summed E-state index contributed by atoms with van der Waals surface area (Å²) in [5, 5.41) is 9.80. The first-order chi connectivity index (χ1) is 10.5. The lowest BCUT2D eigenvalue weighted by Crippen LogP contribution is -2.36. The van der Waals surface area contributed by atoms with Gasteiger partial charge in [0.05, 0.1) is 24.7 Å². The number of carbonyl (C=O) groups is 1. The number of nitrogens with zero attached hydrogens (tertiary/aromatic N) is 1. The molecule has 22 heavy (non-hydrogen) atoms. The van der Waals surface area contributed by atoms with Gasteiger partial charge in [0, 0.05) is 37.0 Å². The molecule has 1 aromatic carbocycles. The van der Waals surface area contributed by atoms with Crippen molar-refractivity contribution in [3.8, 4) is 5.75 Å². The molecule has 0 amide bonds. The quantitative estimate of drug-likeness (QED) is 0.936. The monoisotopic (exact) mass is 305 g/mol. The van der Waals surface area contributed by atoms with Gasteiger partial charge in [-0.05, 0) is 13.8 Å². The number of morpholine rings is 1. The van der Waals surface area contributed by atoms with Crippen LogP contribution in [0.3, 0.4) is 0 Å². The molecule has 2 aromatic rings. The number of carboxylic acids is 1. The molecule has 6 heteroatoms. The van der Waals surface area contributed by atoms with Crippen LogP contribution in [0.4, 0.5) is 5.69 Å². The molecular formula is C16H19NO5. The van der Waals surface area contributed by atoms with Crippen LogP contribution in [0.25, 0.3) is 11.0 Å². The summed E-state index contributed by atoms with van der Waals surface area (Å²) in [7, 11) is 0. The molecule has 0 aliphatic carbocycles. The molecule has 118 valence electrons. The predicted molar refractivity (Wildman–Crippen MR) is 82.0 cm³/mol. The Balaban J connectivity index is 2.07. The van der Waals surface area contributed by atoms with E-state index in [0.29, 0.717) is 29.9 Å². The summed E-state index contributed by atoms with van der Waals surface area (Å²) in [6.45, 7) is 6.81. The zero-order valence-corrected chi connectivity index (χ0v) is 12.7. The van der Waals surface area contributed by atoms with Crippen LogP contribution >= 0.6 is 0 Å². The van der Waals surface area contributed by atoms with Crippen molar-refractivity contribution in [3.05, 3.63) is 24.0 Å². The summed E-state index contributed by atoms with van der Waals surface area (Å²) in [6, 6.07) is 5.31. The van der Waals surface area contributed by atoms with Crippen LogP contribution in [0.1, 0.15) is 24.4 Å². The Morgan fingerprint density at radius 2 is 2.00 bits per heavy atom. The Kier molecular flexibility index (Phi) is 3.94. The Hall–Kier alpha value is -2.21. The molecule has 0 radical (unpaired) electrons. The zero-order chi connectivity index (χ0) is 15.7. The normalized spacial score (nSPS) is 15.5. The molecule has 3 rings (SSSR count). The van der Waals surface area contributed by atoms with E-state index in [1.807, 2.05) is 26.0 Å². The molecule has 0 bridgehead atoms. The van der Waals surface area contributed by atoms with Crippen LogP contribution in [-0.4, -0.2) is 43.5 Å². The fourth-order valence-corrected chi connectivity index (χ4v) is 2.55. The number of hydrogen-bond acceptors (Lipinski definition) is 5. The average molecular weight is 305 g/mol. The van der Waals surface area contributed by atoms with Crippen LogP contribution in [0.2, 0.25) is 0 Å². The van der Waals surface area contributed by atoms with Crippen molar-refractivity contribution in [1.29, 1.82) is 0 Å². The SMILES string of the molecule is CC(C)Oc1cc(N2CCOCC2)cc2oc(C(=O)O)cc12.